The maximum atomic E-state index is 14.1. The number of sulfonamides is 1. The van der Waals surface area contributed by atoms with E-state index in [1.807, 2.05) is 0 Å². The van der Waals surface area contributed by atoms with Gasteiger partial charge in [-0.2, -0.15) is 9.04 Å². The van der Waals surface area contributed by atoms with Crippen LogP contribution in [0, 0.1) is 5.21 Å². The lowest BCUT2D eigenvalue weighted by Gasteiger charge is -2.46. The van der Waals surface area contributed by atoms with Crippen LogP contribution in [-0.4, -0.2) is 108 Å². The van der Waals surface area contributed by atoms with Crippen LogP contribution in [0.5, 0.6) is 0 Å². The Bertz CT molecular complexity index is 1890. The van der Waals surface area contributed by atoms with Crippen LogP contribution in [0.4, 0.5) is 0 Å². The van der Waals surface area contributed by atoms with Gasteiger partial charge in [-0.3, -0.25) is 14.4 Å². The zero-order valence-electron chi connectivity index (χ0n) is 26.3. The van der Waals surface area contributed by atoms with Crippen molar-refractivity contribution in [2.75, 3.05) is 41.3 Å². The minimum atomic E-state index is -4.14. The Hall–Kier alpha value is -4.66. The molecule has 2 aromatic carbocycles. The van der Waals surface area contributed by atoms with Crippen LogP contribution < -0.4 is 4.73 Å². The predicted molar refractivity (Wildman–Crippen MR) is 175 cm³/mol. The second kappa shape index (κ2) is 13.6. The maximum Gasteiger partial charge on any atom is 0.292 e. The number of aromatic nitrogens is 3. The van der Waals surface area contributed by atoms with Crippen LogP contribution in [0.1, 0.15) is 23.5 Å². The van der Waals surface area contributed by atoms with E-state index in [4.69, 9.17) is 11.6 Å². The average Bonchev–Trinajstić information content (AvgIpc) is 3.04. The highest BCUT2D eigenvalue weighted by Crippen LogP contribution is 2.30. The van der Waals surface area contributed by atoms with Crippen molar-refractivity contribution in [3.8, 4) is 11.1 Å². The van der Waals surface area contributed by atoms with Gasteiger partial charge in [-0.05, 0) is 40.6 Å². The van der Waals surface area contributed by atoms with Gasteiger partial charge in [0.05, 0.1) is 17.0 Å². The number of halogens is 1. The smallest absolute Gasteiger partial charge is 0.292 e. The second-order valence-electron chi connectivity index (χ2n) is 11.7. The zero-order valence-corrected chi connectivity index (χ0v) is 27.8. The number of amides is 3. The number of piperazine rings is 1. The molecular formula is C32H34ClN7O6S. The van der Waals surface area contributed by atoms with Crippen LogP contribution in [0.25, 0.3) is 21.9 Å². The molecule has 0 bridgehead atoms. The van der Waals surface area contributed by atoms with Crippen molar-refractivity contribution in [1.82, 2.24) is 29.0 Å². The van der Waals surface area contributed by atoms with E-state index in [2.05, 4.69) is 9.97 Å². The minimum Gasteiger partial charge on any atom is -0.619 e. The molecule has 3 heterocycles. The molecule has 0 aliphatic carbocycles. The Balaban J connectivity index is 1.53. The summed E-state index contributed by atoms with van der Waals surface area (Å²) in [5.41, 5.74) is 1.23. The third-order valence-electron chi connectivity index (χ3n) is 8.06. The first-order valence-corrected chi connectivity index (χ1v) is 16.5. The van der Waals surface area contributed by atoms with Gasteiger partial charge in [-0.15, -0.1) is 0 Å². The molecule has 4 aromatic rings. The quantitative estimate of drug-likeness (QED) is 0.204. The number of carbonyl (C=O) groups excluding carboxylic acids is 3. The number of fused-ring (bicyclic) bond motifs is 1. The summed E-state index contributed by atoms with van der Waals surface area (Å²) in [6, 6.07) is 11.1. The van der Waals surface area contributed by atoms with E-state index < -0.39 is 28.0 Å². The summed E-state index contributed by atoms with van der Waals surface area (Å²) in [6.45, 7) is -0.396. The molecule has 2 aromatic heterocycles. The Kier molecular flexibility index (Phi) is 9.75. The summed E-state index contributed by atoms with van der Waals surface area (Å²) in [4.78, 5) is 53.0. The molecule has 246 valence electrons. The van der Waals surface area contributed by atoms with Crippen molar-refractivity contribution in [3.05, 3.63) is 89.4 Å². The molecular weight excluding hydrogens is 646 g/mol. The third-order valence-corrected chi connectivity index (χ3v) is 10.1. The molecule has 1 fully saturated rings. The van der Waals surface area contributed by atoms with Crippen molar-refractivity contribution >= 4 is 50.1 Å². The van der Waals surface area contributed by atoms with E-state index >= 15 is 0 Å². The van der Waals surface area contributed by atoms with E-state index in [-0.39, 0.29) is 48.5 Å². The van der Waals surface area contributed by atoms with E-state index in [0.29, 0.717) is 26.3 Å². The number of nitrogens with zero attached hydrogens (tertiary/aromatic N) is 7. The van der Waals surface area contributed by atoms with Gasteiger partial charge in [0.15, 0.2) is 12.4 Å². The summed E-state index contributed by atoms with van der Waals surface area (Å²) < 4.78 is 30.1. The van der Waals surface area contributed by atoms with E-state index in [1.165, 1.54) is 49.9 Å². The number of rotatable bonds is 8. The fraction of sp³-hybridized carbons (Fsp3) is 0.312. The van der Waals surface area contributed by atoms with E-state index in [0.717, 1.165) is 5.39 Å². The van der Waals surface area contributed by atoms with Crippen LogP contribution in [0.2, 0.25) is 5.02 Å². The fourth-order valence-corrected chi connectivity index (χ4v) is 7.18. The molecule has 15 heteroatoms. The SMILES string of the molecule is CN(C)C(=O)CC1CN(S(=O)(=O)c2ccc3cc(Cl)ccc3c2)CC(CC(=O)N(C)C)N1C(=O)c1ncc(-c2cc[n+]([O-])cc2)cn1. The Morgan fingerprint density at radius 3 is 1.94 bits per heavy atom. The molecule has 0 N–H and O–H groups in total. The lowest BCUT2D eigenvalue weighted by atomic mass is 10.0. The zero-order chi connectivity index (χ0) is 34.0. The Labute approximate surface area is 277 Å². The van der Waals surface area contributed by atoms with E-state index in [1.54, 1.807) is 70.7 Å². The highest BCUT2D eigenvalue weighted by Gasteiger charge is 2.44. The maximum absolute atomic E-state index is 14.1. The number of pyridine rings is 1. The first-order valence-electron chi connectivity index (χ1n) is 14.7. The van der Waals surface area contributed by atoms with Crippen molar-refractivity contribution < 1.29 is 27.5 Å². The lowest BCUT2D eigenvalue weighted by molar-refractivity contribution is -0.605. The summed E-state index contributed by atoms with van der Waals surface area (Å²) >= 11 is 6.11. The molecule has 2 unspecified atom stereocenters. The average molecular weight is 680 g/mol. The van der Waals surface area contributed by atoms with Crippen molar-refractivity contribution in [3.63, 3.8) is 0 Å². The predicted octanol–water partition coefficient (Wildman–Crippen LogP) is 2.42. The molecule has 2 atom stereocenters. The second-order valence-corrected chi connectivity index (χ2v) is 14.1. The van der Waals surface area contributed by atoms with Gasteiger partial charge in [0.1, 0.15) is 0 Å². The van der Waals surface area contributed by atoms with Crippen LogP contribution >= 0.6 is 11.6 Å². The Morgan fingerprint density at radius 1 is 0.851 bits per heavy atom. The molecule has 5 rings (SSSR count). The molecule has 13 nitrogen and oxygen atoms in total. The van der Waals surface area contributed by atoms with Gasteiger partial charge in [0.2, 0.25) is 27.7 Å². The van der Waals surface area contributed by atoms with E-state index in [9.17, 15) is 28.0 Å². The Morgan fingerprint density at radius 2 is 1.38 bits per heavy atom. The number of hydrogen-bond donors (Lipinski definition) is 0. The van der Waals surface area contributed by atoms with Crippen LogP contribution in [0.15, 0.2) is 78.2 Å². The van der Waals surface area contributed by atoms with Crippen molar-refractivity contribution in [1.29, 1.82) is 0 Å². The first kappa shape index (κ1) is 33.7. The molecule has 1 aliphatic heterocycles. The summed E-state index contributed by atoms with van der Waals surface area (Å²) in [5, 5.41) is 13.4. The molecule has 3 amide bonds. The molecule has 47 heavy (non-hydrogen) atoms. The van der Waals surface area contributed by atoms with Gasteiger partial charge in [0, 0.05) is 89.2 Å². The van der Waals surface area contributed by atoms with Gasteiger partial charge >= 0.3 is 0 Å². The minimum absolute atomic E-state index is 0.0322. The monoisotopic (exact) mass is 679 g/mol. The lowest BCUT2D eigenvalue weighted by Crippen LogP contribution is -2.63. The third kappa shape index (κ3) is 7.34. The van der Waals surface area contributed by atoms with Gasteiger partial charge in [-0.1, -0.05) is 23.7 Å². The number of hydrogen-bond acceptors (Lipinski definition) is 8. The number of benzene rings is 2. The van der Waals surface area contributed by atoms with Gasteiger partial charge < -0.3 is 19.9 Å². The van der Waals surface area contributed by atoms with Gasteiger partial charge in [-0.25, -0.2) is 18.4 Å². The van der Waals surface area contributed by atoms with Crippen molar-refractivity contribution in [2.24, 2.45) is 0 Å². The standard InChI is InChI=1S/C32H34ClN7O6S/c1-36(2)29(41)15-26-19-39(47(45,46)28-8-6-22-13-25(33)7-5-23(22)14-28)20-27(16-30(42)37(3)4)40(26)32(43)31-34-17-24(18-35-31)21-9-11-38(44)12-10-21/h5-14,17-18,26-27H,15-16,19-20H2,1-4H3. The molecule has 0 radical (unpaired) electrons. The molecule has 1 aliphatic rings. The highest BCUT2D eigenvalue weighted by atomic mass is 35.5. The van der Waals surface area contributed by atoms with Gasteiger partial charge in [0.25, 0.3) is 5.91 Å². The molecule has 0 spiro atoms. The first-order chi connectivity index (χ1) is 22.2. The largest absolute Gasteiger partial charge is 0.619 e. The highest BCUT2D eigenvalue weighted by molar-refractivity contribution is 7.89. The fourth-order valence-electron chi connectivity index (χ4n) is 5.45. The summed E-state index contributed by atoms with van der Waals surface area (Å²) in [6.07, 6.45) is 5.13. The molecule has 0 saturated carbocycles. The van der Waals surface area contributed by atoms with Crippen LogP contribution in [-0.2, 0) is 19.6 Å². The van der Waals surface area contributed by atoms with Crippen LogP contribution in [0.3, 0.4) is 0 Å². The van der Waals surface area contributed by atoms with Crippen molar-refractivity contribution in [2.45, 2.75) is 29.8 Å². The normalized spacial score (nSPS) is 17.0. The molecule has 1 saturated heterocycles. The number of carbonyl (C=O) groups is 3. The topological polar surface area (TPSA) is 151 Å². The summed E-state index contributed by atoms with van der Waals surface area (Å²) in [5.74, 6) is -1.49. The summed E-state index contributed by atoms with van der Waals surface area (Å²) in [7, 11) is 2.14.